The standard InChI is InChI=1S/C12H25N3O/c1-3-15-8-4-12(5-9-15)10-13-6-7-14-11(2)16/h12-13H,3-10H2,1-2H3,(H,14,16). The van der Waals surface area contributed by atoms with E-state index in [0.717, 1.165) is 25.6 Å². The van der Waals surface area contributed by atoms with E-state index in [0.29, 0.717) is 0 Å². The quantitative estimate of drug-likeness (QED) is 0.647. The first kappa shape index (κ1) is 13.5. The molecule has 0 spiro atoms. The Kier molecular flexibility index (Phi) is 6.42. The number of amides is 1. The fraction of sp³-hybridized carbons (Fsp3) is 0.917. The molecule has 1 aliphatic rings. The van der Waals surface area contributed by atoms with Crippen molar-refractivity contribution in [1.29, 1.82) is 0 Å². The van der Waals surface area contributed by atoms with Gasteiger partial charge in [-0.05, 0) is 44.9 Å². The summed E-state index contributed by atoms with van der Waals surface area (Å²) in [4.78, 5) is 13.1. The number of nitrogens with zero attached hydrogens (tertiary/aromatic N) is 1. The molecule has 0 bridgehead atoms. The molecule has 0 atom stereocenters. The molecule has 0 radical (unpaired) electrons. The third-order valence-corrected chi connectivity index (χ3v) is 3.26. The van der Waals surface area contributed by atoms with Crippen LogP contribution in [0.5, 0.6) is 0 Å². The van der Waals surface area contributed by atoms with Gasteiger partial charge in [0.1, 0.15) is 0 Å². The van der Waals surface area contributed by atoms with Crippen LogP contribution in [0.15, 0.2) is 0 Å². The molecule has 1 heterocycles. The minimum absolute atomic E-state index is 0.0538. The highest BCUT2D eigenvalue weighted by atomic mass is 16.1. The van der Waals surface area contributed by atoms with Gasteiger partial charge in [-0.15, -0.1) is 0 Å². The molecular formula is C12H25N3O. The number of piperidine rings is 1. The molecule has 0 aromatic carbocycles. The Labute approximate surface area is 98.8 Å². The van der Waals surface area contributed by atoms with Gasteiger partial charge in [0.15, 0.2) is 0 Å². The zero-order valence-corrected chi connectivity index (χ0v) is 10.6. The SMILES string of the molecule is CCN1CCC(CNCCNC(C)=O)CC1. The van der Waals surface area contributed by atoms with Crippen LogP contribution in [0.4, 0.5) is 0 Å². The Hall–Kier alpha value is -0.610. The van der Waals surface area contributed by atoms with Crippen LogP contribution < -0.4 is 10.6 Å². The largest absolute Gasteiger partial charge is 0.355 e. The van der Waals surface area contributed by atoms with Crippen LogP contribution in [-0.4, -0.2) is 50.1 Å². The first-order valence-corrected chi connectivity index (χ1v) is 6.40. The van der Waals surface area contributed by atoms with Gasteiger partial charge in [0.25, 0.3) is 0 Å². The van der Waals surface area contributed by atoms with Crippen LogP contribution in [0.2, 0.25) is 0 Å². The summed E-state index contributed by atoms with van der Waals surface area (Å²) in [5.41, 5.74) is 0. The summed E-state index contributed by atoms with van der Waals surface area (Å²) < 4.78 is 0. The summed E-state index contributed by atoms with van der Waals surface area (Å²) >= 11 is 0. The third-order valence-electron chi connectivity index (χ3n) is 3.26. The van der Waals surface area contributed by atoms with Crippen molar-refractivity contribution in [2.75, 3.05) is 39.3 Å². The van der Waals surface area contributed by atoms with Gasteiger partial charge in [0, 0.05) is 20.0 Å². The summed E-state index contributed by atoms with van der Waals surface area (Å²) in [6.45, 7) is 10.2. The summed E-state index contributed by atoms with van der Waals surface area (Å²) in [5, 5.41) is 6.20. The van der Waals surface area contributed by atoms with Crippen LogP contribution in [0.25, 0.3) is 0 Å². The summed E-state index contributed by atoms with van der Waals surface area (Å²) in [6.07, 6.45) is 2.61. The van der Waals surface area contributed by atoms with Gasteiger partial charge in [-0.25, -0.2) is 0 Å². The molecule has 1 amide bonds. The van der Waals surface area contributed by atoms with E-state index in [1.165, 1.54) is 32.5 Å². The molecule has 1 fully saturated rings. The normalized spacial score (nSPS) is 18.6. The smallest absolute Gasteiger partial charge is 0.216 e. The van der Waals surface area contributed by atoms with Crippen molar-refractivity contribution in [3.05, 3.63) is 0 Å². The van der Waals surface area contributed by atoms with Crippen molar-refractivity contribution >= 4 is 5.91 Å². The van der Waals surface area contributed by atoms with E-state index < -0.39 is 0 Å². The van der Waals surface area contributed by atoms with Gasteiger partial charge >= 0.3 is 0 Å². The van der Waals surface area contributed by atoms with E-state index in [-0.39, 0.29) is 5.91 Å². The lowest BCUT2D eigenvalue weighted by molar-refractivity contribution is -0.118. The number of likely N-dealkylation sites (tertiary alicyclic amines) is 1. The maximum absolute atomic E-state index is 10.6. The highest BCUT2D eigenvalue weighted by molar-refractivity contribution is 5.72. The summed E-state index contributed by atoms with van der Waals surface area (Å²) in [7, 11) is 0. The minimum atomic E-state index is 0.0538. The lowest BCUT2D eigenvalue weighted by atomic mass is 9.97. The van der Waals surface area contributed by atoms with E-state index >= 15 is 0 Å². The Morgan fingerprint density at radius 1 is 1.31 bits per heavy atom. The maximum atomic E-state index is 10.6. The topological polar surface area (TPSA) is 44.4 Å². The first-order chi connectivity index (χ1) is 7.72. The molecule has 4 heteroatoms. The van der Waals surface area contributed by atoms with E-state index in [1.54, 1.807) is 6.92 Å². The lowest BCUT2D eigenvalue weighted by Gasteiger charge is -2.31. The number of hydrogen-bond donors (Lipinski definition) is 2. The van der Waals surface area contributed by atoms with Crippen molar-refractivity contribution < 1.29 is 4.79 Å². The maximum Gasteiger partial charge on any atom is 0.216 e. The molecule has 0 aromatic heterocycles. The molecule has 16 heavy (non-hydrogen) atoms. The van der Waals surface area contributed by atoms with Crippen LogP contribution >= 0.6 is 0 Å². The molecule has 1 saturated heterocycles. The van der Waals surface area contributed by atoms with E-state index in [1.807, 2.05) is 0 Å². The van der Waals surface area contributed by atoms with Gasteiger partial charge in [0.2, 0.25) is 5.91 Å². The predicted molar refractivity (Wildman–Crippen MR) is 66.4 cm³/mol. The zero-order chi connectivity index (χ0) is 11.8. The van der Waals surface area contributed by atoms with Crippen LogP contribution in [-0.2, 0) is 4.79 Å². The Morgan fingerprint density at radius 2 is 2.00 bits per heavy atom. The second-order valence-corrected chi connectivity index (χ2v) is 4.56. The van der Waals surface area contributed by atoms with Gasteiger partial charge < -0.3 is 15.5 Å². The number of carbonyl (C=O) groups excluding carboxylic acids is 1. The third kappa shape index (κ3) is 5.47. The van der Waals surface area contributed by atoms with Gasteiger partial charge in [-0.2, -0.15) is 0 Å². The van der Waals surface area contributed by atoms with Crippen LogP contribution in [0, 0.1) is 5.92 Å². The van der Waals surface area contributed by atoms with Crippen molar-refractivity contribution in [2.45, 2.75) is 26.7 Å². The van der Waals surface area contributed by atoms with Gasteiger partial charge in [-0.3, -0.25) is 4.79 Å². The molecule has 4 nitrogen and oxygen atoms in total. The molecule has 0 saturated carbocycles. The molecule has 0 aromatic rings. The monoisotopic (exact) mass is 227 g/mol. The molecule has 1 aliphatic heterocycles. The number of hydrogen-bond acceptors (Lipinski definition) is 3. The number of nitrogens with one attached hydrogen (secondary N) is 2. The zero-order valence-electron chi connectivity index (χ0n) is 10.6. The average molecular weight is 227 g/mol. The Balaban J connectivity index is 1.96. The van der Waals surface area contributed by atoms with E-state index in [4.69, 9.17) is 0 Å². The number of rotatable bonds is 6. The van der Waals surface area contributed by atoms with Crippen molar-refractivity contribution in [3.63, 3.8) is 0 Å². The highest BCUT2D eigenvalue weighted by Crippen LogP contribution is 2.15. The first-order valence-electron chi connectivity index (χ1n) is 6.40. The van der Waals surface area contributed by atoms with Crippen molar-refractivity contribution in [2.24, 2.45) is 5.92 Å². The summed E-state index contributed by atoms with van der Waals surface area (Å²) in [6, 6.07) is 0. The van der Waals surface area contributed by atoms with Gasteiger partial charge in [-0.1, -0.05) is 6.92 Å². The number of carbonyl (C=O) groups is 1. The fourth-order valence-corrected chi connectivity index (χ4v) is 2.14. The van der Waals surface area contributed by atoms with Crippen molar-refractivity contribution in [3.8, 4) is 0 Å². The Bertz CT molecular complexity index is 200. The molecule has 0 aliphatic carbocycles. The average Bonchev–Trinajstić information content (AvgIpc) is 2.29. The van der Waals surface area contributed by atoms with Crippen LogP contribution in [0.3, 0.4) is 0 Å². The molecule has 2 N–H and O–H groups in total. The van der Waals surface area contributed by atoms with Crippen LogP contribution in [0.1, 0.15) is 26.7 Å². The van der Waals surface area contributed by atoms with E-state index in [2.05, 4.69) is 22.5 Å². The minimum Gasteiger partial charge on any atom is -0.355 e. The second kappa shape index (κ2) is 7.63. The molecular weight excluding hydrogens is 202 g/mol. The molecule has 94 valence electrons. The van der Waals surface area contributed by atoms with Crippen molar-refractivity contribution in [1.82, 2.24) is 15.5 Å². The highest BCUT2D eigenvalue weighted by Gasteiger charge is 2.17. The molecule has 1 rings (SSSR count). The predicted octanol–water partition coefficient (Wildman–Crippen LogP) is 0.444. The van der Waals surface area contributed by atoms with E-state index in [9.17, 15) is 4.79 Å². The Morgan fingerprint density at radius 3 is 2.56 bits per heavy atom. The fourth-order valence-electron chi connectivity index (χ4n) is 2.14. The van der Waals surface area contributed by atoms with Gasteiger partial charge in [0.05, 0.1) is 0 Å². The lowest BCUT2D eigenvalue weighted by Crippen LogP contribution is -2.38. The molecule has 0 unspecified atom stereocenters. The summed E-state index contributed by atoms with van der Waals surface area (Å²) in [5.74, 6) is 0.873. The second-order valence-electron chi connectivity index (χ2n) is 4.56.